The maximum absolute atomic E-state index is 11.8. The predicted molar refractivity (Wildman–Crippen MR) is 82.2 cm³/mol. The average Bonchev–Trinajstić information content (AvgIpc) is 3.05. The van der Waals surface area contributed by atoms with Crippen LogP contribution in [-0.2, 0) is 19.7 Å². The average molecular weight is 291 g/mol. The van der Waals surface area contributed by atoms with Crippen molar-refractivity contribution in [3.05, 3.63) is 35.9 Å². The number of nitrogens with one attached hydrogen (secondary N) is 1. The Morgan fingerprint density at radius 1 is 1.24 bits per heavy atom. The van der Waals surface area contributed by atoms with Crippen molar-refractivity contribution < 1.29 is 14.3 Å². The SMILES string of the molecule is COCCOCC(=O)NCC1(c2ccccc2)CC1(C)C. The van der Waals surface area contributed by atoms with E-state index in [2.05, 4.69) is 43.4 Å². The van der Waals surface area contributed by atoms with Gasteiger partial charge in [-0.05, 0) is 17.4 Å². The molecule has 1 aliphatic rings. The minimum atomic E-state index is -0.0656. The first-order valence-electron chi connectivity index (χ1n) is 7.41. The van der Waals surface area contributed by atoms with Crippen LogP contribution in [0, 0.1) is 5.41 Å². The van der Waals surface area contributed by atoms with Crippen LogP contribution in [0.15, 0.2) is 30.3 Å². The Balaban J connectivity index is 1.87. The molecule has 1 aromatic rings. The first kappa shape index (κ1) is 16.0. The van der Waals surface area contributed by atoms with Gasteiger partial charge in [0.15, 0.2) is 0 Å². The lowest BCUT2D eigenvalue weighted by molar-refractivity contribution is -0.126. The summed E-state index contributed by atoms with van der Waals surface area (Å²) in [7, 11) is 1.61. The van der Waals surface area contributed by atoms with Crippen molar-refractivity contribution in [3.63, 3.8) is 0 Å². The highest BCUT2D eigenvalue weighted by Gasteiger charge is 2.61. The summed E-state index contributed by atoms with van der Waals surface area (Å²) >= 11 is 0. The molecule has 1 aromatic carbocycles. The van der Waals surface area contributed by atoms with E-state index < -0.39 is 0 Å². The van der Waals surface area contributed by atoms with E-state index in [1.54, 1.807) is 7.11 Å². The lowest BCUT2D eigenvalue weighted by Crippen LogP contribution is -2.36. The van der Waals surface area contributed by atoms with Gasteiger partial charge >= 0.3 is 0 Å². The largest absolute Gasteiger partial charge is 0.382 e. The van der Waals surface area contributed by atoms with Crippen LogP contribution in [0.4, 0.5) is 0 Å². The topological polar surface area (TPSA) is 47.6 Å². The molecular weight excluding hydrogens is 266 g/mol. The maximum atomic E-state index is 11.8. The molecule has 1 atom stereocenters. The molecule has 1 saturated carbocycles. The molecule has 1 fully saturated rings. The zero-order valence-electron chi connectivity index (χ0n) is 13.1. The molecule has 116 valence electrons. The van der Waals surface area contributed by atoms with E-state index in [9.17, 15) is 4.79 Å². The Bertz CT molecular complexity index is 472. The molecule has 2 rings (SSSR count). The minimum Gasteiger partial charge on any atom is -0.382 e. The fraction of sp³-hybridized carbons (Fsp3) is 0.588. The van der Waals surface area contributed by atoms with Gasteiger partial charge in [-0.3, -0.25) is 4.79 Å². The van der Waals surface area contributed by atoms with Crippen molar-refractivity contribution >= 4 is 5.91 Å². The number of methoxy groups -OCH3 is 1. The summed E-state index contributed by atoms with van der Waals surface area (Å²) in [6.07, 6.45) is 1.09. The molecular formula is C17H25NO3. The number of amides is 1. The number of carbonyl (C=O) groups excluding carboxylic acids is 1. The highest BCUT2D eigenvalue weighted by Crippen LogP contribution is 2.63. The summed E-state index contributed by atoms with van der Waals surface area (Å²) in [5.74, 6) is -0.0656. The third kappa shape index (κ3) is 3.63. The van der Waals surface area contributed by atoms with Crippen LogP contribution >= 0.6 is 0 Å². The third-order valence-corrected chi connectivity index (χ3v) is 4.49. The van der Waals surface area contributed by atoms with Crippen molar-refractivity contribution in [1.82, 2.24) is 5.32 Å². The van der Waals surface area contributed by atoms with Crippen molar-refractivity contribution in [3.8, 4) is 0 Å². The lowest BCUT2D eigenvalue weighted by Gasteiger charge is -2.22. The second-order valence-corrected chi connectivity index (χ2v) is 6.33. The predicted octanol–water partition coefficient (Wildman–Crippen LogP) is 2.13. The van der Waals surface area contributed by atoms with E-state index in [0.717, 1.165) is 6.42 Å². The molecule has 21 heavy (non-hydrogen) atoms. The molecule has 0 aliphatic heterocycles. The quantitative estimate of drug-likeness (QED) is 0.746. The number of benzene rings is 1. The lowest BCUT2D eigenvalue weighted by atomic mass is 9.88. The van der Waals surface area contributed by atoms with Gasteiger partial charge in [0, 0.05) is 19.1 Å². The van der Waals surface area contributed by atoms with E-state index in [4.69, 9.17) is 9.47 Å². The molecule has 1 N–H and O–H groups in total. The van der Waals surface area contributed by atoms with Gasteiger partial charge in [0.25, 0.3) is 0 Å². The smallest absolute Gasteiger partial charge is 0.246 e. The van der Waals surface area contributed by atoms with E-state index in [0.29, 0.717) is 19.8 Å². The third-order valence-electron chi connectivity index (χ3n) is 4.49. The van der Waals surface area contributed by atoms with Crippen LogP contribution in [-0.4, -0.2) is 39.4 Å². The van der Waals surface area contributed by atoms with Crippen molar-refractivity contribution in [2.45, 2.75) is 25.7 Å². The molecule has 4 heteroatoms. The molecule has 0 bridgehead atoms. The van der Waals surface area contributed by atoms with Gasteiger partial charge in [0.1, 0.15) is 6.61 Å². The first-order valence-corrected chi connectivity index (χ1v) is 7.41. The molecule has 1 amide bonds. The second kappa shape index (κ2) is 6.58. The van der Waals surface area contributed by atoms with Crippen LogP contribution in [0.3, 0.4) is 0 Å². The van der Waals surface area contributed by atoms with Crippen LogP contribution in [0.2, 0.25) is 0 Å². The number of hydrogen-bond donors (Lipinski definition) is 1. The van der Waals surface area contributed by atoms with Crippen LogP contribution in [0.25, 0.3) is 0 Å². The van der Waals surface area contributed by atoms with Gasteiger partial charge in [-0.2, -0.15) is 0 Å². The molecule has 4 nitrogen and oxygen atoms in total. The standard InChI is InChI=1S/C17H25NO3/c1-16(2)12-17(16,14-7-5-4-6-8-14)13-18-15(19)11-21-10-9-20-3/h4-8H,9-13H2,1-3H3,(H,18,19). The summed E-state index contributed by atoms with van der Waals surface area (Å²) in [6, 6.07) is 10.4. The van der Waals surface area contributed by atoms with E-state index in [1.807, 2.05) is 6.07 Å². The zero-order valence-corrected chi connectivity index (χ0v) is 13.1. The maximum Gasteiger partial charge on any atom is 0.246 e. The molecule has 0 saturated heterocycles. The summed E-state index contributed by atoms with van der Waals surface area (Å²) < 4.78 is 10.1. The van der Waals surface area contributed by atoms with Crippen LogP contribution in [0.1, 0.15) is 25.8 Å². The Labute approximate surface area is 126 Å². The van der Waals surface area contributed by atoms with E-state index in [-0.39, 0.29) is 23.3 Å². The van der Waals surface area contributed by atoms with Gasteiger partial charge in [-0.15, -0.1) is 0 Å². The first-order chi connectivity index (χ1) is 10.0. The molecule has 1 unspecified atom stereocenters. The Morgan fingerprint density at radius 3 is 2.48 bits per heavy atom. The van der Waals surface area contributed by atoms with Gasteiger partial charge in [-0.25, -0.2) is 0 Å². The Hall–Kier alpha value is -1.39. The van der Waals surface area contributed by atoms with Crippen LogP contribution < -0.4 is 5.32 Å². The molecule has 0 heterocycles. The second-order valence-electron chi connectivity index (χ2n) is 6.33. The van der Waals surface area contributed by atoms with Crippen molar-refractivity contribution in [2.75, 3.05) is 33.5 Å². The Morgan fingerprint density at radius 2 is 1.90 bits per heavy atom. The molecule has 0 radical (unpaired) electrons. The van der Waals surface area contributed by atoms with Crippen molar-refractivity contribution in [2.24, 2.45) is 5.41 Å². The fourth-order valence-corrected chi connectivity index (χ4v) is 2.97. The van der Waals surface area contributed by atoms with Crippen molar-refractivity contribution in [1.29, 1.82) is 0 Å². The summed E-state index contributed by atoms with van der Waals surface area (Å²) in [6.45, 7) is 6.21. The van der Waals surface area contributed by atoms with E-state index in [1.165, 1.54) is 5.56 Å². The highest BCUT2D eigenvalue weighted by atomic mass is 16.5. The van der Waals surface area contributed by atoms with Gasteiger partial charge in [0.05, 0.1) is 13.2 Å². The number of carbonyl (C=O) groups is 1. The number of hydrogen-bond acceptors (Lipinski definition) is 3. The summed E-state index contributed by atoms with van der Waals surface area (Å²) in [4.78, 5) is 11.8. The van der Waals surface area contributed by atoms with Crippen LogP contribution in [0.5, 0.6) is 0 Å². The van der Waals surface area contributed by atoms with Gasteiger partial charge in [-0.1, -0.05) is 44.2 Å². The molecule has 1 aliphatic carbocycles. The molecule has 0 aromatic heterocycles. The molecule has 0 spiro atoms. The summed E-state index contributed by atoms with van der Waals surface area (Å²) in [5.41, 5.74) is 1.57. The normalized spacial score (nSPS) is 22.8. The fourth-order valence-electron chi connectivity index (χ4n) is 2.97. The van der Waals surface area contributed by atoms with Gasteiger partial charge in [0.2, 0.25) is 5.91 Å². The summed E-state index contributed by atoms with van der Waals surface area (Å²) in [5, 5.41) is 3.01. The zero-order chi connectivity index (χ0) is 15.3. The number of ether oxygens (including phenoxy) is 2. The number of rotatable bonds is 8. The minimum absolute atomic E-state index is 0.0520. The monoisotopic (exact) mass is 291 g/mol. The Kier molecular flexibility index (Phi) is 5.01. The van der Waals surface area contributed by atoms with E-state index >= 15 is 0 Å². The highest BCUT2D eigenvalue weighted by molar-refractivity contribution is 5.77. The van der Waals surface area contributed by atoms with Gasteiger partial charge < -0.3 is 14.8 Å².